The molecule has 9 heteroatoms. The minimum atomic E-state index is -0.957. The molecule has 4 rings (SSSR count). The fourth-order valence-electron chi connectivity index (χ4n) is 3.03. The summed E-state index contributed by atoms with van der Waals surface area (Å²) in [7, 11) is 0. The van der Waals surface area contributed by atoms with Gasteiger partial charge in [-0.1, -0.05) is 12.1 Å². The maximum Gasteiger partial charge on any atom is 0.245 e. The molecule has 0 aliphatic carbocycles. The van der Waals surface area contributed by atoms with Crippen LogP contribution >= 0.6 is 0 Å². The lowest BCUT2D eigenvalue weighted by Gasteiger charge is -2.17. The summed E-state index contributed by atoms with van der Waals surface area (Å²) in [5, 5.41) is 2.80. The normalized spacial score (nSPS) is 16.6. The van der Waals surface area contributed by atoms with Gasteiger partial charge in [0.25, 0.3) is 0 Å². The van der Waals surface area contributed by atoms with E-state index in [-0.39, 0.29) is 18.0 Å². The Morgan fingerprint density at radius 3 is 2.60 bits per heavy atom. The average molecular weight is 408 g/mol. The fraction of sp³-hybridized carbons (Fsp3) is 0.333. The second-order valence-electron chi connectivity index (χ2n) is 7.81. The number of rotatable bonds is 5. The minimum absolute atomic E-state index is 0.0809. The number of fused-ring (bicyclic) bond motifs is 1. The lowest BCUT2D eigenvalue weighted by molar-refractivity contribution is -0.120. The van der Waals surface area contributed by atoms with Crippen molar-refractivity contribution in [2.45, 2.75) is 31.9 Å². The van der Waals surface area contributed by atoms with E-state index in [1.54, 1.807) is 26.0 Å². The second-order valence-corrected chi connectivity index (χ2v) is 7.81. The van der Waals surface area contributed by atoms with Gasteiger partial charge in [0.15, 0.2) is 5.52 Å². The Bertz CT molecular complexity index is 1070. The third kappa shape index (κ3) is 4.32. The summed E-state index contributed by atoms with van der Waals surface area (Å²) >= 11 is 0. The number of nitrogens with one attached hydrogen (secondary N) is 1. The number of hydrogen-bond donors (Lipinski definition) is 3. The van der Waals surface area contributed by atoms with Gasteiger partial charge < -0.3 is 26.3 Å². The average Bonchev–Trinajstić information content (AvgIpc) is 3.20. The number of nitrogen functional groups attached to an aromatic ring is 1. The molecule has 1 aliphatic rings. The molecule has 1 aliphatic heterocycles. The standard InChI is InChI=1S/C21H24N6O3/c1-21(2,23)19(28)24-13-5-3-12(4-6-13)15-7-8-16-17(25-15)18(27-20(22)26-16)30-14-9-10-29-11-14/h3-8,14H,9-11,23H2,1-2H3,(H,24,28)(H2,22,26,27)/t14-/m1/s1. The molecule has 9 nitrogen and oxygen atoms in total. The van der Waals surface area contributed by atoms with Crippen LogP contribution in [-0.2, 0) is 9.53 Å². The lowest BCUT2D eigenvalue weighted by atomic mass is 10.1. The van der Waals surface area contributed by atoms with E-state index in [0.717, 1.165) is 17.7 Å². The molecule has 0 saturated carbocycles. The molecular weight excluding hydrogens is 384 g/mol. The van der Waals surface area contributed by atoms with E-state index in [4.69, 9.17) is 25.9 Å². The fourth-order valence-corrected chi connectivity index (χ4v) is 3.03. The van der Waals surface area contributed by atoms with Crippen LogP contribution in [-0.4, -0.2) is 45.7 Å². The monoisotopic (exact) mass is 408 g/mol. The predicted octanol–water partition coefficient (Wildman–Crippen LogP) is 2.12. The molecule has 1 fully saturated rings. The third-order valence-electron chi connectivity index (χ3n) is 4.72. The second kappa shape index (κ2) is 7.85. The molecule has 156 valence electrons. The van der Waals surface area contributed by atoms with Gasteiger partial charge in [-0.2, -0.15) is 4.98 Å². The number of carbonyl (C=O) groups excluding carboxylic acids is 1. The van der Waals surface area contributed by atoms with Crippen LogP contribution in [0.3, 0.4) is 0 Å². The maximum atomic E-state index is 12.0. The molecule has 0 unspecified atom stereocenters. The number of ether oxygens (including phenoxy) is 2. The van der Waals surface area contributed by atoms with E-state index in [9.17, 15) is 4.79 Å². The van der Waals surface area contributed by atoms with Crippen molar-refractivity contribution in [3.05, 3.63) is 36.4 Å². The predicted molar refractivity (Wildman–Crippen MR) is 114 cm³/mol. The van der Waals surface area contributed by atoms with Crippen molar-refractivity contribution in [3.8, 4) is 17.1 Å². The summed E-state index contributed by atoms with van der Waals surface area (Å²) in [6.45, 7) is 4.48. The number of aromatic nitrogens is 3. The zero-order valence-electron chi connectivity index (χ0n) is 16.9. The highest BCUT2D eigenvalue weighted by Crippen LogP contribution is 2.28. The minimum Gasteiger partial charge on any atom is -0.470 e. The van der Waals surface area contributed by atoms with Crippen molar-refractivity contribution in [3.63, 3.8) is 0 Å². The Morgan fingerprint density at radius 1 is 1.17 bits per heavy atom. The molecule has 1 aromatic carbocycles. The number of amides is 1. The van der Waals surface area contributed by atoms with Crippen molar-refractivity contribution in [1.29, 1.82) is 0 Å². The number of pyridine rings is 1. The molecule has 3 aromatic rings. The summed E-state index contributed by atoms with van der Waals surface area (Å²) in [6.07, 6.45) is 0.709. The van der Waals surface area contributed by atoms with Crippen LogP contribution in [0, 0.1) is 0 Å². The Hall–Kier alpha value is -3.30. The Morgan fingerprint density at radius 2 is 1.93 bits per heavy atom. The van der Waals surface area contributed by atoms with Crippen molar-refractivity contribution in [1.82, 2.24) is 15.0 Å². The van der Waals surface area contributed by atoms with Gasteiger partial charge >= 0.3 is 0 Å². The summed E-state index contributed by atoms with van der Waals surface area (Å²) < 4.78 is 11.3. The van der Waals surface area contributed by atoms with Gasteiger partial charge in [-0.05, 0) is 38.1 Å². The molecule has 5 N–H and O–H groups in total. The van der Waals surface area contributed by atoms with Crippen molar-refractivity contribution >= 4 is 28.6 Å². The van der Waals surface area contributed by atoms with Crippen LogP contribution in [0.4, 0.5) is 11.6 Å². The van der Waals surface area contributed by atoms with Gasteiger partial charge in [0, 0.05) is 17.7 Å². The van der Waals surface area contributed by atoms with Crippen LogP contribution in [0.25, 0.3) is 22.3 Å². The molecule has 0 bridgehead atoms. The first-order valence-electron chi connectivity index (χ1n) is 9.69. The number of anilines is 2. The molecule has 0 spiro atoms. The zero-order valence-corrected chi connectivity index (χ0v) is 16.9. The first kappa shape index (κ1) is 20.0. The number of benzene rings is 1. The van der Waals surface area contributed by atoms with E-state index in [2.05, 4.69) is 15.3 Å². The Kier molecular flexibility index (Phi) is 5.23. The SMILES string of the molecule is CC(C)(N)C(=O)Nc1ccc(-c2ccc3nc(N)nc(O[C@@H]4CCOC4)c3n2)cc1. The Labute approximate surface area is 173 Å². The molecule has 0 radical (unpaired) electrons. The number of hydrogen-bond acceptors (Lipinski definition) is 8. The summed E-state index contributed by atoms with van der Waals surface area (Å²) in [6, 6.07) is 11.0. The van der Waals surface area contributed by atoms with Crippen LogP contribution in [0.1, 0.15) is 20.3 Å². The van der Waals surface area contributed by atoms with Gasteiger partial charge in [-0.15, -0.1) is 0 Å². The largest absolute Gasteiger partial charge is 0.470 e. The lowest BCUT2D eigenvalue weighted by Crippen LogP contribution is -2.45. The molecular formula is C21H24N6O3. The maximum absolute atomic E-state index is 12.0. The zero-order chi connectivity index (χ0) is 21.3. The molecule has 1 atom stereocenters. The highest BCUT2D eigenvalue weighted by molar-refractivity contribution is 5.97. The highest BCUT2D eigenvalue weighted by atomic mass is 16.5. The first-order valence-corrected chi connectivity index (χ1v) is 9.69. The smallest absolute Gasteiger partial charge is 0.245 e. The van der Waals surface area contributed by atoms with E-state index in [1.165, 1.54) is 0 Å². The Balaban J connectivity index is 1.62. The van der Waals surface area contributed by atoms with Crippen LogP contribution in [0.2, 0.25) is 0 Å². The summed E-state index contributed by atoms with van der Waals surface area (Å²) in [5.41, 5.74) is 14.1. The molecule has 1 saturated heterocycles. The van der Waals surface area contributed by atoms with Crippen LogP contribution in [0.15, 0.2) is 36.4 Å². The molecule has 1 amide bonds. The third-order valence-corrected chi connectivity index (χ3v) is 4.72. The van der Waals surface area contributed by atoms with E-state index in [0.29, 0.717) is 35.8 Å². The van der Waals surface area contributed by atoms with E-state index in [1.807, 2.05) is 24.3 Å². The van der Waals surface area contributed by atoms with Crippen molar-refractivity contribution in [2.24, 2.45) is 5.73 Å². The van der Waals surface area contributed by atoms with Gasteiger partial charge in [-0.25, -0.2) is 9.97 Å². The van der Waals surface area contributed by atoms with Crippen LogP contribution in [0.5, 0.6) is 5.88 Å². The molecule has 30 heavy (non-hydrogen) atoms. The summed E-state index contributed by atoms with van der Waals surface area (Å²) in [4.78, 5) is 25.2. The van der Waals surface area contributed by atoms with Crippen molar-refractivity contribution < 1.29 is 14.3 Å². The van der Waals surface area contributed by atoms with Gasteiger partial charge in [0.1, 0.15) is 6.10 Å². The summed E-state index contributed by atoms with van der Waals surface area (Å²) in [5.74, 6) is 0.226. The van der Waals surface area contributed by atoms with Gasteiger partial charge in [-0.3, -0.25) is 4.79 Å². The van der Waals surface area contributed by atoms with Gasteiger partial charge in [0.05, 0.1) is 30.0 Å². The first-order chi connectivity index (χ1) is 14.3. The van der Waals surface area contributed by atoms with Crippen molar-refractivity contribution in [2.75, 3.05) is 24.3 Å². The molecule has 3 heterocycles. The topological polar surface area (TPSA) is 138 Å². The van der Waals surface area contributed by atoms with Crippen LogP contribution < -0.4 is 21.5 Å². The number of nitrogens with two attached hydrogens (primary N) is 2. The number of nitrogens with zero attached hydrogens (tertiary/aromatic N) is 3. The van der Waals surface area contributed by atoms with Gasteiger partial charge in [0.2, 0.25) is 17.7 Å². The quantitative estimate of drug-likeness (QED) is 0.583. The van der Waals surface area contributed by atoms with E-state index < -0.39 is 5.54 Å². The number of carbonyl (C=O) groups is 1. The van der Waals surface area contributed by atoms with E-state index >= 15 is 0 Å². The molecule has 2 aromatic heterocycles. The highest BCUT2D eigenvalue weighted by Gasteiger charge is 2.22.